The second kappa shape index (κ2) is 10.0. The lowest BCUT2D eigenvalue weighted by molar-refractivity contribution is -0.133. The number of rotatable bonds is 8. The van der Waals surface area contributed by atoms with E-state index in [0.29, 0.717) is 12.3 Å². The van der Waals surface area contributed by atoms with Gasteiger partial charge in [-0.15, -0.1) is 0 Å². The maximum Gasteiger partial charge on any atom is 0.222 e. The number of nitrogens with zero attached hydrogens (tertiary/aromatic N) is 5. The summed E-state index contributed by atoms with van der Waals surface area (Å²) in [5.74, 6) is 1.91. The monoisotopic (exact) mass is 395 g/mol. The molecule has 4 rings (SSSR count). The average molecular weight is 396 g/mol. The number of aryl methyl sites for hydroxylation is 1. The molecule has 3 heterocycles. The van der Waals surface area contributed by atoms with Gasteiger partial charge in [0.1, 0.15) is 12.7 Å². The number of carbonyl (C=O) groups excluding carboxylic acids is 1. The Morgan fingerprint density at radius 3 is 2.55 bits per heavy atom. The summed E-state index contributed by atoms with van der Waals surface area (Å²) in [5, 5.41) is 4.09. The zero-order chi connectivity index (χ0) is 19.9. The molecule has 2 aliphatic rings. The van der Waals surface area contributed by atoms with Crippen molar-refractivity contribution in [3.05, 3.63) is 48.5 Å². The largest absolute Gasteiger partial charge is 0.343 e. The van der Waals surface area contributed by atoms with Crippen LogP contribution in [0.1, 0.15) is 37.7 Å². The van der Waals surface area contributed by atoms with Crippen LogP contribution in [0, 0.1) is 11.8 Å². The summed E-state index contributed by atoms with van der Waals surface area (Å²) in [6.07, 6.45) is 9.51. The number of hydrogen-bond donors (Lipinski definition) is 0. The molecule has 0 aliphatic carbocycles. The van der Waals surface area contributed by atoms with Gasteiger partial charge in [0.15, 0.2) is 0 Å². The first-order valence-corrected chi connectivity index (χ1v) is 11.1. The predicted octanol–water partition coefficient (Wildman–Crippen LogP) is 2.86. The summed E-state index contributed by atoms with van der Waals surface area (Å²) in [4.78, 5) is 21.2. The van der Waals surface area contributed by atoms with Gasteiger partial charge in [-0.2, -0.15) is 5.10 Å². The summed E-state index contributed by atoms with van der Waals surface area (Å²) < 4.78 is 1.79. The highest BCUT2D eigenvalue weighted by atomic mass is 16.2. The maximum atomic E-state index is 12.5. The van der Waals surface area contributed by atoms with Crippen LogP contribution in [0.4, 0.5) is 0 Å². The van der Waals surface area contributed by atoms with Crippen molar-refractivity contribution >= 4 is 5.91 Å². The summed E-state index contributed by atoms with van der Waals surface area (Å²) in [6.45, 7) is 6.29. The van der Waals surface area contributed by atoms with Gasteiger partial charge < -0.3 is 9.80 Å². The van der Waals surface area contributed by atoms with Crippen LogP contribution >= 0.6 is 0 Å². The highest BCUT2D eigenvalue weighted by molar-refractivity contribution is 5.76. The van der Waals surface area contributed by atoms with Gasteiger partial charge in [-0.25, -0.2) is 4.98 Å². The van der Waals surface area contributed by atoms with Crippen LogP contribution in [0.15, 0.2) is 43.0 Å². The zero-order valence-electron chi connectivity index (χ0n) is 17.3. The highest BCUT2D eigenvalue weighted by Crippen LogP contribution is 2.32. The minimum absolute atomic E-state index is 0.305. The van der Waals surface area contributed by atoms with Crippen LogP contribution in [0.5, 0.6) is 0 Å². The Morgan fingerprint density at radius 2 is 1.79 bits per heavy atom. The first kappa shape index (κ1) is 20.1. The molecular formula is C23H33N5O. The number of carbonyl (C=O) groups is 1. The molecule has 2 aromatic rings. The Bertz CT molecular complexity index is 740. The molecule has 0 radical (unpaired) electrons. The van der Waals surface area contributed by atoms with Gasteiger partial charge in [-0.1, -0.05) is 30.3 Å². The van der Waals surface area contributed by atoms with E-state index in [1.54, 1.807) is 17.3 Å². The molecule has 1 aromatic heterocycles. The van der Waals surface area contributed by atoms with Crippen molar-refractivity contribution < 1.29 is 4.79 Å². The van der Waals surface area contributed by atoms with E-state index >= 15 is 0 Å². The normalized spacial score (nSPS) is 21.0. The van der Waals surface area contributed by atoms with Gasteiger partial charge in [0, 0.05) is 39.1 Å². The van der Waals surface area contributed by atoms with E-state index in [0.717, 1.165) is 44.3 Å². The fourth-order valence-electron chi connectivity index (χ4n) is 4.90. The van der Waals surface area contributed by atoms with Crippen molar-refractivity contribution in [3.63, 3.8) is 0 Å². The van der Waals surface area contributed by atoms with Gasteiger partial charge in [0.05, 0.1) is 0 Å². The summed E-state index contributed by atoms with van der Waals surface area (Å²) >= 11 is 0. The fourth-order valence-corrected chi connectivity index (χ4v) is 4.90. The molecule has 1 aromatic carbocycles. The van der Waals surface area contributed by atoms with Crippen LogP contribution in [0.2, 0.25) is 0 Å². The molecule has 2 aliphatic heterocycles. The highest BCUT2D eigenvalue weighted by Gasteiger charge is 2.32. The molecule has 2 saturated heterocycles. The molecule has 0 N–H and O–H groups in total. The quantitative estimate of drug-likeness (QED) is 0.690. The van der Waals surface area contributed by atoms with Gasteiger partial charge in [-0.05, 0) is 56.0 Å². The molecule has 6 heteroatoms. The van der Waals surface area contributed by atoms with Crippen molar-refractivity contribution in [2.75, 3.05) is 32.7 Å². The Labute approximate surface area is 173 Å². The molecular weight excluding hydrogens is 362 g/mol. The third-order valence-corrected chi connectivity index (χ3v) is 6.67. The second-order valence-electron chi connectivity index (χ2n) is 8.57. The lowest BCUT2D eigenvalue weighted by atomic mass is 9.83. The van der Waals surface area contributed by atoms with Crippen molar-refractivity contribution in [2.24, 2.45) is 11.8 Å². The molecule has 0 saturated carbocycles. The second-order valence-corrected chi connectivity index (χ2v) is 8.57. The first-order chi connectivity index (χ1) is 14.3. The van der Waals surface area contributed by atoms with Crippen LogP contribution in [-0.2, 0) is 17.8 Å². The molecule has 156 valence electrons. The summed E-state index contributed by atoms with van der Waals surface area (Å²) in [6, 6.07) is 10.8. The topological polar surface area (TPSA) is 54.3 Å². The lowest BCUT2D eigenvalue weighted by Gasteiger charge is -2.35. The van der Waals surface area contributed by atoms with Crippen LogP contribution < -0.4 is 0 Å². The van der Waals surface area contributed by atoms with Crippen molar-refractivity contribution in [2.45, 2.75) is 45.1 Å². The number of piperidine rings is 1. The van der Waals surface area contributed by atoms with E-state index in [1.165, 1.54) is 44.5 Å². The lowest BCUT2D eigenvalue weighted by Crippen LogP contribution is -2.40. The molecule has 6 nitrogen and oxygen atoms in total. The van der Waals surface area contributed by atoms with Crippen LogP contribution in [0.3, 0.4) is 0 Å². The van der Waals surface area contributed by atoms with E-state index in [1.807, 2.05) is 0 Å². The van der Waals surface area contributed by atoms with Crippen molar-refractivity contribution in [1.82, 2.24) is 24.6 Å². The van der Waals surface area contributed by atoms with Gasteiger partial charge in [0.2, 0.25) is 5.91 Å². The molecule has 0 spiro atoms. The molecule has 29 heavy (non-hydrogen) atoms. The third kappa shape index (κ3) is 5.66. The molecule has 0 bridgehead atoms. The van der Waals surface area contributed by atoms with E-state index in [-0.39, 0.29) is 0 Å². The predicted molar refractivity (Wildman–Crippen MR) is 113 cm³/mol. The number of likely N-dealkylation sites (tertiary alicyclic amines) is 2. The van der Waals surface area contributed by atoms with Crippen LogP contribution in [0.25, 0.3) is 0 Å². The third-order valence-electron chi connectivity index (χ3n) is 6.67. The first-order valence-electron chi connectivity index (χ1n) is 11.1. The minimum Gasteiger partial charge on any atom is -0.343 e. The van der Waals surface area contributed by atoms with E-state index in [9.17, 15) is 4.79 Å². The van der Waals surface area contributed by atoms with Gasteiger partial charge in [-0.3, -0.25) is 9.48 Å². The Morgan fingerprint density at radius 1 is 1.00 bits per heavy atom. The van der Waals surface area contributed by atoms with Gasteiger partial charge >= 0.3 is 0 Å². The Balaban J connectivity index is 1.14. The fraction of sp³-hybridized carbons (Fsp3) is 0.609. The smallest absolute Gasteiger partial charge is 0.222 e. The van der Waals surface area contributed by atoms with Gasteiger partial charge in [0.25, 0.3) is 0 Å². The summed E-state index contributed by atoms with van der Waals surface area (Å²) in [7, 11) is 0. The standard InChI is InChI=1S/C23H33N5O/c29-23(7-4-12-28-19-24-18-25-28)27-15-10-21(11-16-27)22-9-14-26(17-22)13-8-20-5-2-1-3-6-20/h1-3,5-6,18-19,21-22H,4,7-17H2. The van der Waals surface area contributed by atoms with E-state index in [2.05, 4.69) is 50.2 Å². The minimum atomic E-state index is 0.305. The SMILES string of the molecule is O=C(CCCn1cncn1)N1CCC(C2CCN(CCc3ccccc3)C2)CC1. The zero-order valence-corrected chi connectivity index (χ0v) is 17.3. The molecule has 1 unspecified atom stereocenters. The Kier molecular flexibility index (Phi) is 6.93. The van der Waals surface area contributed by atoms with E-state index < -0.39 is 0 Å². The molecule has 1 amide bonds. The maximum absolute atomic E-state index is 12.5. The number of aromatic nitrogens is 3. The molecule has 1 atom stereocenters. The number of amides is 1. The van der Waals surface area contributed by atoms with Crippen molar-refractivity contribution in [1.29, 1.82) is 0 Å². The molecule has 2 fully saturated rings. The van der Waals surface area contributed by atoms with Crippen LogP contribution in [-0.4, -0.2) is 63.2 Å². The number of benzene rings is 1. The Hall–Kier alpha value is -2.21. The average Bonchev–Trinajstić information content (AvgIpc) is 3.45. The van der Waals surface area contributed by atoms with E-state index in [4.69, 9.17) is 0 Å². The van der Waals surface area contributed by atoms with Crippen molar-refractivity contribution in [3.8, 4) is 0 Å². The number of hydrogen-bond acceptors (Lipinski definition) is 4. The summed E-state index contributed by atoms with van der Waals surface area (Å²) in [5.41, 5.74) is 1.44.